The van der Waals surface area contributed by atoms with Gasteiger partial charge in [0.15, 0.2) is 0 Å². The molecule has 4 nitrogen and oxygen atoms in total. The van der Waals surface area contributed by atoms with E-state index in [0.29, 0.717) is 13.2 Å². The summed E-state index contributed by atoms with van der Waals surface area (Å²) in [6.45, 7) is 13.6. The van der Waals surface area contributed by atoms with Crippen LogP contribution in [0, 0.1) is 10.8 Å². The molecule has 0 aromatic rings. The van der Waals surface area contributed by atoms with E-state index in [1.54, 1.807) is 0 Å². The van der Waals surface area contributed by atoms with Gasteiger partial charge >= 0.3 is 11.9 Å². The third-order valence-corrected chi connectivity index (χ3v) is 2.99. The molecule has 0 saturated heterocycles. The van der Waals surface area contributed by atoms with E-state index in [2.05, 4.69) is 41.5 Å². The van der Waals surface area contributed by atoms with Crippen molar-refractivity contribution < 1.29 is 19.1 Å². The van der Waals surface area contributed by atoms with Crippen LogP contribution < -0.4 is 0 Å². The normalized spacial score (nSPS) is 12.5. The average molecular weight is 312 g/mol. The molecule has 0 aliphatic rings. The number of esters is 2. The van der Waals surface area contributed by atoms with Crippen molar-refractivity contribution in [2.24, 2.45) is 10.8 Å². The first kappa shape index (κ1) is 20.7. The number of carbonyl (C=O) groups is 2. The zero-order chi connectivity index (χ0) is 17.2. The molecule has 22 heavy (non-hydrogen) atoms. The summed E-state index contributed by atoms with van der Waals surface area (Å²) in [7, 11) is 0. The molecule has 0 unspecified atom stereocenters. The Hall–Kier alpha value is -1.32. The maximum atomic E-state index is 11.4. The summed E-state index contributed by atoms with van der Waals surface area (Å²) in [5.41, 5.74) is 0.470. The maximum Gasteiger partial charge on any atom is 0.331 e. The standard InChI is InChI=1S/C18H32O4/c1-17(2,3)11-7-13-21-15(19)9-10-16(20)22-14-8-12-18(4,5)6/h9-10H,7-8,11-14H2,1-6H3/b10-9+. The Kier molecular flexibility index (Phi) is 9.07. The van der Waals surface area contributed by atoms with E-state index in [1.165, 1.54) is 0 Å². The second kappa shape index (κ2) is 9.65. The summed E-state index contributed by atoms with van der Waals surface area (Å²) in [5.74, 6) is -0.999. The van der Waals surface area contributed by atoms with Gasteiger partial charge in [-0.15, -0.1) is 0 Å². The molecular weight excluding hydrogens is 280 g/mol. The smallest absolute Gasteiger partial charge is 0.331 e. The fraction of sp³-hybridized carbons (Fsp3) is 0.778. The fourth-order valence-corrected chi connectivity index (χ4v) is 1.78. The van der Waals surface area contributed by atoms with E-state index < -0.39 is 11.9 Å². The van der Waals surface area contributed by atoms with Crippen LogP contribution in [-0.4, -0.2) is 25.2 Å². The second-order valence-electron chi connectivity index (χ2n) is 8.00. The lowest BCUT2D eigenvalue weighted by molar-refractivity contribution is -0.140. The van der Waals surface area contributed by atoms with Gasteiger partial charge in [-0.1, -0.05) is 41.5 Å². The first-order valence-corrected chi connectivity index (χ1v) is 8.01. The topological polar surface area (TPSA) is 52.6 Å². The molecule has 128 valence electrons. The first-order valence-electron chi connectivity index (χ1n) is 8.01. The highest BCUT2D eigenvalue weighted by Gasteiger charge is 2.11. The number of hydrogen-bond acceptors (Lipinski definition) is 4. The van der Waals surface area contributed by atoms with Crippen molar-refractivity contribution in [3.8, 4) is 0 Å². The van der Waals surface area contributed by atoms with Crippen molar-refractivity contribution in [3.05, 3.63) is 12.2 Å². The number of rotatable bonds is 8. The van der Waals surface area contributed by atoms with Crippen LogP contribution in [0.25, 0.3) is 0 Å². The summed E-state index contributed by atoms with van der Waals surface area (Å²) < 4.78 is 10.0. The molecule has 0 N–H and O–H groups in total. The van der Waals surface area contributed by atoms with Crippen LogP contribution in [0.5, 0.6) is 0 Å². The molecule has 0 aromatic heterocycles. The van der Waals surface area contributed by atoms with Gasteiger partial charge in [0.2, 0.25) is 0 Å². The van der Waals surface area contributed by atoms with Gasteiger partial charge in [-0.25, -0.2) is 9.59 Å². The Morgan fingerprint density at radius 1 is 0.727 bits per heavy atom. The van der Waals surface area contributed by atoms with Crippen molar-refractivity contribution in [1.82, 2.24) is 0 Å². The predicted molar refractivity (Wildman–Crippen MR) is 88.4 cm³/mol. The van der Waals surface area contributed by atoms with Gasteiger partial charge in [0.05, 0.1) is 13.2 Å². The molecule has 0 rings (SSSR count). The Morgan fingerprint density at radius 2 is 1.05 bits per heavy atom. The largest absolute Gasteiger partial charge is 0.463 e. The minimum Gasteiger partial charge on any atom is -0.463 e. The zero-order valence-corrected chi connectivity index (χ0v) is 15.0. The van der Waals surface area contributed by atoms with Gasteiger partial charge in [-0.2, -0.15) is 0 Å². The Labute approximate surface area is 135 Å². The Morgan fingerprint density at radius 3 is 1.32 bits per heavy atom. The molecule has 0 aliphatic heterocycles. The van der Waals surface area contributed by atoms with E-state index in [4.69, 9.17) is 9.47 Å². The van der Waals surface area contributed by atoms with Gasteiger partial charge in [0, 0.05) is 12.2 Å². The van der Waals surface area contributed by atoms with E-state index in [0.717, 1.165) is 37.8 Å². The van der Waals surface area contributed by atoms with Gasteiger partial charge in [-0.3, -0.25) is 0 Å². The van der Waals surface area contributed by atoms with Crippen molar-refractivity contribution >= 4 is 11.9 Å². The lowest BCUT2D eigenvalue weighted by atomic mass is 9.91. The quantitative estimate of drug-likeness (QED) is 0.381. The van der Waals surface area contributed by atoms with Gasteiger partial charge in [0.25, 0.3) is 0 Å². The Bertz CT molecular complexity index is 334. The van der Waals surface area contributed by atoms with Crippen LogP contribution in [0.1, 0.15) is 67.2 Å². The van der Waals surface area contributed by atoms with Crippen molar-refractivity contribution in [3.63, 3.8) is 0 Å². The number of carbonyl (C=O) groups excluding carboxylic acids is 2. The van der Waals surface area contributed by atoms with E-state index in [1.807, 2.05) is 0 Å². The summed E-state index contributed by atoms with van der Waals surface area (Å²) in [6.07, 6.45) is 5.87. The first-order chi connectivity index (χ1) is 9.99. The van der Waals surface area contributed by atoms with Crippen LogP contribution in [0.3, 0.4) is 0 Å². The van der Waals surface area contributed by atoms with Crippen LogP contribution in [0.4, 0.5) is 0 Å². The van der Waals surface area contributed by atoms with Crippen LogP contribution in [0.15, 0.2) is 12.2 Å². The summed E-state index contributed by atoms with van der Waals surface area (Å²) in [4.78, 5) is 22.8. The zero-order valence-electron chi connectivity index (χ0n) is 15.0. The molecule has 4 heteroatoms. The highest BCUT2D eigenvalue weighted by Crippen LogP contribution is 2.20. The number of hydrogen-bond donors (Lipinski definition) is 0. The van der Waals surface area contributed by atoms with Crippen LogP contribution in [-0.2, 0) is 19.1 Å². The predicted octanol–water partition coefficient (Wildman–Crippen LogP) is 4.28. The van der Waals surface area contributed by atoms with Crippen molar-refractivity contribution in [2.45, 2.75) is 67.2 Å². The molecule has 0 spiro atoms. The Balaban J connectivity index is 3.76. The maximum absolute atomic E-state index is 11.4. The highest BCUT2D eigenvalue weighted by atomic mass is 16.5. The van der Waals surface area contributed by atoms with E-state index >= 15 is 0 Å². The SMILES string of the molecule is CC(C)(C)CCCOC(=O)/C=C/C(=O)OCCCC(C)(C)C. The number of ether oxygens (including phenoxy) is 2. The summed E-state index contributed by atoms with van der Waals surface area (Å²) in [5, 5.41) is 0. The molecular formula is C18H32O4. The van der Waals surface area contributed by atoms with Crippen molar-refractivity contribution in [2.75, 3.05) is 13.2 Å². The molecule has 0 fully saturated rings. The van der Waals surface area contributed by atoms with Gasteiger partial charge < -0.3 is 9.47 Å². The third-order valence-electron chi connectivity index (χ3n) is 2.99. The molecule has 0 heterocycles. The average Bonchev–Trinajstić information content (AvgIpc) is 2.35. The summed E-state index contributed by atoms with van der Waals surface area (Å²) >= 11 is 0. The van der Waals surface area contributed by atoms with Gasteiger partial charge in [-0.05, 0) is 36.5 Å². The third kappa shape index (κ3) is 15.1. The fourth-order valence-electron chi connectivity index (χ4n) is 1.78. The lowest BCUT2D eigenvalue weighted by Gasteiger charge is -2.17. The molecule has 0 atom stereocenters. The van der Waals surface area contributed by atoms with E-state index in [9.17, 15) is 9.59 Å². The molecule has 0 aliphatic carbocycles. The molecule has 0 bridgehead atoms. The molecule has 0 saturated carbocycles. The van der Waals surface area contributed by atoms with Crippen LogP contribution in [0.2, 0.25) is 0 Å². The van der Waals surface area contributed by atoms with Crippen LogP contribution >= 0.6 is 0 Å². The molecule has 0 aromatic carbocycles. The second-order valence-corrected chi connectivity index (χ2v) is 8.00. The van der Waals surface area contributed by atoms with Gasteiger partial charge in [0.1, 0.15) is 0 Å². The van der Waals surface area contributed by atoms with Crippen molar-refractivity contribution in [1.29, 1.82) is 0 Å². The molecule has 0 amide bonds. The minimum atomic E-state index is -0.499. The van der Waals surface area contributed by atoms with E-state index in [-0.39, 0.29) is 10.8 Å². The highest BCUT2D eigenvalue weighted by molar-refractivity contribution is 5.91. The summed E-state index contributed by atoms with van der Waals surface area (Å²) in [6, 6.07) is 0. The minimum absolute atomic E-state index is 0.235. The lowest BCUT2D eigenvalue weighted by Crippen LogP contribution is -2.10. The monoisotopic (exact) mass is 312 g/mol. The molecule has 0 radical (unpaired) electrons.